The van der Waals surface area contributed by atoms with Crippen LogP contribution in [0.15, 0.2) is 48.5 Å². The molecule has 4 heteroatoms. The van der Waals surface area contributed by atoms with Gasteiger partial charge < -0.3 is 10.1 Å². The van der Waals surface area contributed by atoms with E-state index < -0.39 is 0 Å². The number of halogens is 1. The molecule has 0 saturated heterocycles. The van der Waals surface area contributed by atoms with Crippen molar-refractivity contribution in [3.63, 3.8) is 0 Å². The lowest BCUT2D eigenvalue weighted by atomic mass is 10.1. The Labute approximate surface area is 129 Å². The summed E-state index contributed by atoms with van der Waals surface area (Å²) in [6, 6.07) is 14.5. The second-order valence-corrected chi connectivity index (χ2v) is 5.14. The second-order valence-electron chi connectivity index (χ2n) is 4.71. The van der Waals surface area contributed by atoms with Crippen molar-refractivity contribution in [3.8, 4) is 5.75 Å². The van der Waals surface area contributed by atoms with Crippen molar-refractivity contribution in [2.75, 3.05) is 6.61 Å². The topological polar surface area (TPSA) is 38.3 Å². The zero-order valence-corrected chi connectivity index (χ0v) is 12.9. The van der Waals surface area contributed by atoms with Crippen molar-refractivity contribution < 1.29 is 9.53 Å². The minimum absolute atomic E-state index is 0.109. The number of carbonyl (C=O) groups excluding carboxylic acids is 1. The monoisotopic (exact) mass is 303 g/mol. The maximum absolute atomic E-state index is 12.2. The first-order valence-electron chi connectivity index (χ1n) is 6.89. The number of hydrogen-bond acceptors (Lipinski definition) is 2. The van der Waals surface area contributed by atoms with Crippen LogP contribution in [0.1, 0.15) is 35.8 Å². The summed E-state index contributed by atoms with van der Waals surface area (Å²) >= 11 is 5.96. The van der Waals surface area contributed by atoms with Crippen molar-refractivity contribution in [3.05, 3.63) is 64.7 Å². The van der Waals surface area contributed by atoms with Crippen molar-refractivity contribution in [1.29, 1.82) is 0 Å². The highest BCUT2D eigenvalue weighted by Crippen LogP contribution is 2.18. The molecule has 0 aliphatic heterocycles. The van der Waals surface area contributed by atoms with Gasteiger partial charge in [-0.15, -0.1) is 0 Å². The van der Waals surface area contributed by atoms with Crippen LogP contribution in [-0.2, 0) is 0 Å². The summed E-state index contributed by atoms with van der Waals surface area (Å²) in [5.74, 6) is 0.641. The van der Waals surface area contributed by atoms with Crippen molar-refractivity contribution in [2.24, 2.45) is 0 Å². The molecule has 0 heterocycles. The number of benzene rings is 2. The van der Waals surface area contributed by atoms with Crippen LogP contribution >= 0.6 is 11.6 Å². The van der Waals surface area contributed by atoms with Gasteiger partial charge in [-0.1, -0.05) is 23.7 Å². The summed E-state index contributed by atoms with van der Waals surface area (Å²) in [7, 11) is 0. The lowest BCUT2D eigenvalue weighted by Gasteiger charge is -2.15. The third-order valence-corrected chi connectivity index (χ3v) is 3.36. The Morgan fingerprint density at radius 2 is 1.95 bits per heavy atom. The van der Waals surface area contributed by atoms with Crippen LogP contribution in [0.2, 0.25) is 5.02 Å². The van der Waals surface area contributed by atoms with Gasteiger partial charge >= 0.3 is 0 Å². The summed E-state index contributed by atoms with van der Waals surface area (Å²) < 4.78 is 5.36. The van der Waals surface area contributed by atoms with Gasteiger partial charge in [-0.25, -0.2) is 0 Å². The molecule has 0 saturated carbocycles. The van der Waals surface area contributed by atoms with Crippen LogP contribution < -0.4 is 10.1 Å². The van der Waals surface area contributed by atoms with E-state index in [0.29, 0.717) is 17.2 Å². The molecule has 0 bridgehead atoms. The average Bonchev–Trinajstić information content (AvgIpc) is 2.48. The van der Waals surface area contributed by atoms with Crippen LogP contribution in [0.25, 0.3) is 0 Å². The third kappa shape index (κ3) is 4.23. The van der Waals surface area contributed by atoms with E-state index in [1.807, 2.05) is 38.1 Å². The van der Waals surface area contributed by atoms with Gasteiger partial charge in [-0.05, 0) is 55.8 Å². The SMILES string of the molecule is CCOc1ccc(C(=O)NC(C)c2cccc(Cl)c2)cc1. The van der Waals surface area contributed by atoms with Gasteiger partial charge in [0.2, 0.25) is 0 Å². The molecular formula is C17H18ClNO2. The van der Waals surface area contributed by atoms with Gasteiger partial charge in [0, 0.05) is 10.6 Å². The van der Waals surface area contributed by atoms with Gasteiger partial charge in [0.15, 0.2) is 0 Å². The highest BCUT2D eigenvalue weighted by Gasteiger charge is 2.11. The van der Waals surface area contributed by atoms with E-state index in [0.717, 1.165) is 11.3 Å². The Morgan fingerprint density at radius 1 is 1.24 bits per heavy atom. The lowest BCUT2D eigenvalue weighted by molar-refractivity contribution is 0.0940. The van der Waals surface area contributed by atoms with Gasteiger partial charge in [0.25, 0.3) is 5.91 Å². The minimum Gasteiger partial charge on any atom is -0.494 e. The number of carbonyl (C=O) groups is 1. The smallest absolute Gasteiger partial charge is 0.251 e. The first-order chi connectivity index (χ1) is 10.1. The Morgan fingerprint density at radius 3 is 2.57 bits per heavy atom. The maximum Gasteiger partial charge on any atom is 0.251 e. The molecular weight excluding hydrogens is 286 g/mol. The summed E-state index contributed by atoms with van der Waals surface area (Å²) in [6.45, 7) is 4.46. The quantitative estimate of drug-likeness (QED) is 0.897. The van der Waals surface area contributed by atoms with Crippen LogP contribution in [0, 0.1) is 0 Å². The fourth-order valence-electron chi connectivity index (χ4n) is 2.01. The second kappa shape index (κ2) is 7.14. The van der Waals surface area contributed by atoms with Crippen molar-refractivity contribution >= 4 is 17.5 Å². The van der Waals surface area contributed by atoms with Crippen LogP contribution in [0.4, 0.5) is 0 Å². The average molecular weight is 304 g/mol. The molecule has 110 valence electrons. The summed E-state index contributed by atoms with van der Waals surface area (Å²) in [5.41, 5.74) is 1.58. The predicted octanol–water partition coefficient (Wildman–Crippen LogP) is 4.23. The Bertz CT molecular complexity index is 610. The van der Waals surface area contributed by atoms with Crippen LogP contribution in [-0.4, -0.2) is 12.5 Å². The van der Waals surface area contributed by atoms with E-state index in [1.54, 1.807) is 24.3 Å². The van der Waals surface area contributed by atoms with Crippen LogP contribution in [0.5, 0.6) is 5.75 Å². The summed E-state index contributed by atoms with van der Waals surface area (Å²) in [5, 5.41) is 3.61. The molecule has 1 atom stereocenters. The van der Waals surface area contributed by atoms with Crippen LogP contribution in [0.3, 0.4) is 0 Å². The largest absolute Gasteiger partial charge is 0.494 e. The Kier molecular flexibility index (Phi) is 5.23. The standard InChI is InChI=1S/C17H18ClNO2/c1-3-21-16-9-7-13(8-10-16)17(20)19-12(2)14-5-4-6-15(18)11-14/h4-12H,3H2,1-2H3,(H,19,20). The molecule has 2 rings (SSSR count). The molecule has 3 nitrogen and oxygen atoms in total. The number of nitrogens with one attached hydrogen (secondary N) is 1. The molecule has 0 fully saturated rings. The Hall–Kier alpha value is -2.00. The molecule has 0 aliphatic rings. The first-order valence-corrected chi connectivity index (χ1v) is 7.27. The number of amides is 1. The lowest BCUT2D eigenvalue weighted by Crippen LogP contribution is -2.26. The number of ether oxygens (including phenoxy) is 1. The molecule has 21 heavy (non-hydrogen) atoms. The van der Waals surface area contributed by atoms with E-state index in [4.69, 9.17) is 16.3 Å². The predicted molar refractivity (Wildman–Crippen MR) is 84.9 cm³/mol. The van der Waals surface area contributed by atoms with Gasteiger partial charge in [0.1, 0.15) is 5.75 Å². The molecule has 1 unspecified atom stereocenters. The molecule has 1 N–H and O–H groups in total. The number of rotatable bonds is 5. The van der Waals surface area contributed by atoms with E-state index in [-0.39, 0.29) is 11.9 Å². The fourth-order valence-corrected chi connectivity index (χ4v) is 2.21. The Balaban J connectivity index is 2.03. The zero-order chi connectivity index (χ0) is 15.2. The number of hydrogen-bond donors (Lipinski definition) is 1. The highest BCUT2D eigenvalue weighted by atomic mass is 35.5. The molecule has 0 spiro atoms. The molecule has 0 aromatic heterocycles. The van der Waals surface area contributed by atoms with Gasteiger partial charge in [-0.3, -0.25) is 4.79 Å². The van der Waals surface area contributed by atoms with Crippen molar-refractivity contribution in [1.82, 2.24) is 5.32 Å². The summed E-state index contributed by atoms with van der Waals surface area (Å²) in [6.07, 6.45) is 0. The fraction of sp³-hybridized carbons (Fsp3) is 0.235. The van der Waals surface area contributed by atoms with Gasteiger partial charge in [0.05, 0.1) is 12.6 Å². The molecule has 1 amide bonds. The highest BCUT2D eigenvalue weighted by molar-refractivity contribution is 6.30. The normalized spacial score (nSPS) is 11.8. The maximum atomic E-state index is 12.2. The minimum atomic E-state index is -0.120. The zero-order valence-electron chi connectivity index (χ0n) is 12.1. The van der Waals surface area contributed by atoms with Gasteiger partial charge in [-0.2, -0.15) is 0 Å². The molecule has 2 aromatic carbocycles. The third-order valence-electron chi connectivity index (χ3n) is 3.12. The van der Waals surface area contributed by atoms with E-state index in [1.165, 1.54) is 0 Å². The van der Waals surface area contributed by atoms with E-state index >= 15 is 0 Å². The molecule has 0 radical (unpaired) electrons. The summed E-state index contributed by atoms with van der Waals surface area (Å²) in [4.78, 5) is 12.2. The van der Waals surface area contributed by atoms with Crippen molar-refractivity contribution in [2.45, 2.75) is 19.9 Å². The molecule has 0 aliphatic carbocycles. The molecule has 2 aromatic rings. The van der Waals surface area contributed by atoms with E-state index in [9.17, 15) is 4.79 Å². The first kappa shape index (κ1) is 15.4. The van der Waals surface area contributed by atoms with E-state index in [2.05, 4.69) is 5.32 Å².